The van der Waals surface area contributed by atoms with Crippen LogP contribution in [0.2, 0.25) is 0 Å². The van der Waals surface area contributed by atoms with E-state index >= 15 is 0 Å². The van der Waals surface area contributed by atoms with Crippen molar-refractivity contribution in [3.05, 3.63) is 48.0 Å². The van der Waals surface area contributed by atoms with Gasteiger partial charge in [0.25, 0.3) is 0 Å². The zero-order chi connectivity index (χ0) is 13.0. The lowest BCUT2D eigenvalue weighted by molar-refractivity contribution is 0.269. The summed E-state index contributed by atoms with van der Waals surface area (Å²) in [6, 6.07) is 10.1. The first-order valence-corrected chi connectivity index (χ1v) is 6.04. The van der Waals surface area contributed by atoms with Gasteiger partial charge in [0.05, 0.1) is 12.3 Å². The molecule has 0 bridgehead atoms. The highest BCUT2D eigenvalue weighted by atomic mass is 16.3. The fourth-order valence-corrected chi connectivity index (χ4v) is 1.86. The molecule has 2 aromatic heterocycles. The molecule has 18 heavy (non-hydrogen) atoms. The first-order chi connectivity index (χ1) is 8.66. The Balaban J connectivity index is 2.03. The van der Waals surface area contributed by atoms with Crippen LogP contribution in [0.3, 0.4) is 0 Å². The molecular formula is C14H19N3O. The third-order valence-electron chi connectivity index (χ3n) is 2.86. The maximum atomic E-state index is 5.47. The van der Waals surface area contributed by atoms with Crippen molar-refractivity contribution < 1.29 is 4.42 Å². The highest BCUT2D eigenvalue weighted by molar-refractivity contribution is 5.35. The molecule has 0 spiro atoms. The number of hydrogen-bond acceptors (Lipinski definition) is 4. The minimum Gasteiger partial charge on any atom is -0.468 e. The molecule has 4 heteroatoms. The summed E-state index contributed by atoms with van der Waals surface area (Å²) in [4.78, 5) is 6.55. The number of rotatable bonds is 5. The Kier molecular flexibility index (Phi) is 3.99. The van der Waals surface area contributed by atoms with E-state index in [1.807, 2.05) is 51.4 Å². The van der Waals surface area contributed by atoms with Crippen molar-refractivity contribution in [2.24, 2.45) is 0 Å². The number of furan rings is 1. The lowest BCUT2D eigenvalue weighted by atomic mass is 10.2. The second-order valence-corrected chi connectivity index (χ2v) is 4.54. The molecule has 0 radical (unpaired) electrons. The molecule has 1 N–H and O–H groups in total. The molecule has 2 rings (SSSR count). The van der Waals surface area contributed by atoms with Crippen molar-refractivity contribution in [1.29, 1.82) is 0 Å². The third kappa shape index (κ3) is 3.11. The lowest BCUT2D eigenvalue weighted by Gasteiger charge is -2.22. The number of pyridine rings is 1. The van der Waals surface area contributed by atoms with E-state index in [-0.39, 0.29) is 6.04 Å². The van der Waals surface area contributed by atoms with Crippen molar-refractivity contribution >= 4 is 5.82 Å². The Morgan fingerprint density at radius 3 is 2.72 bits per heavy atom. The highest BCUT2D eigenvalue weighted by Crippen LogP contribution is 2.19. The standard InChI is InChI=1S/C14H19N3O/c1-11-6-4-8-14(16-11)15-10-12(17(2)3)13-7-5-9-18-13/h4-9,12H,10H2,1-3H3,(H,15,16). The number of anilines is 1. The minimum atomic E-state index is 0.197. The molecule has 4 nitrogen and oxygen atoms in total. The van der Waals surface area contributed by atoms with Gasteiger partial charge in [-0.25, -0.2) is 4.98 Å². The number of nitrogens with zero attached hydrogens (tertiary/aromatic N) is 2. The van der Waals surface area contributed by atoms with E-state index in [1.165, 1.54) is 0 Å². The van der Waals surface area contributed by atoms with E-state index in [4.69, 9.17) is 4.42 Å². The number of hydrogen-bond donors (Lipinski definition) is 1. The Labute approximate surface area is 108 Å². The Morgan fingerprint density at radius 1 is 1.28 bits per heavy atom. The third-order valence-corrected chi connectivity index (χ3v) is 2.86. The molecule has 0 aliphatic rings. The van der Waals surface area contributed by atoms with Crippen molar-refractivity contribution in [3.63, 3.8) is 0 Å². The Bertz CT molecular complexity index is 480. The SMILES string of the molecule is Cc1cccc(NCC(c2ccco2)N(C)C)n1. The number of likely N-dealkylation sites (N-methyl/N-ethyl adjacent to an activating group) is 1. The summed E-state index contributed by atoms with van der Waals surface area (Å²) in [6.07, 6.45) is 1.71. The molecular weight excluding hydrogens is 226 g/mol. The molecule has 1 unspecified atom stereocenters. The average molecular weight is 245 g/mol. The molecule has 96 valence electrons. The minimum absolute atomic E-state index is 0.197. The first-order valence-electron chi connectivity index (χ1n) is 6.04. The lowest BCUT2D eigenvalue weighted by Crippen LogP contribution is -2.26. The van der Waals surface area contributed by atoms with E-state index in [9.17, 15) is 0 Å². The second kappa shape index (κ2) is 5.69. The predicted molar refractivity (Wildman–Crippen MR) is 72.6 cm³/mol. The summed E-state index contributed by atoms with van der Waals surface area (Å²) in [5, 5.41) is 3.34. The van der Waals surface area contributed by atoms with Crippen molar-refractivity contribution in [3.8, 4) is 0 Å². The summed E-state index contributed by atoms with van der Waals surface area (Å²) in [6.45, 7) is 2.75. The predicted octanol–water partition coefficient (Wildman–Crippen LogP) is 2.70. The molecule has 1 atom stereocenters. The van der Waals surface area contributed by atoms with Gasteiger partial charge in [0, 0.05) is 12.2 Å². The highest BCUT2D eigenvalue weighted by Gasteiger charge is 2.16. The summed E-state index contributed by atoms with van der Waals surface area (Å²) >= 11 is 0. The molecule has 0 saturated heterocycles. The van der Waals surface area contributed by atoms with Crippen LogP contribution in [0.25, 0.3) is 0 Å². The Morgan fingerprint density at radius 2 is 2.11 bits per heavy atom. The van der Waals surface area contributed by atoms with Crippen LogP contribution in [0.1, 0.15) is 17.5 Å². The van der Waals surface area contributed by atoms with Crippen LogP contribution in [-0.4, -0.2) is 30.5 Å². The van der Waals surface area contributed by atoms with Gasteiger partial charge in [-0.1, -0.05) is 6.07 Å². The maximum absolute atomic E-state index is 5.47. The maximum Gasteiger partial charge on any atom is 0.126 e. The van der Waals surface area contributed by atoms with Crippen molar-refractivity contribution in [2.45, 2.75) is 13.0 Å². The zero-order valence-corrected chi connectivity index (χ0v) is 11.1. The monoisotopic (exact) mass is 245 g/mol. The van der Waals surface area contributed by atoms with Gasteiger partial charge in [0.1, 0.15) is 11.6 Å². The van der Waals surface area contributed by atoms with E-state index in [2.05, 4.69) is 15.2 Å². The van der Waals surface area contributed by atoms with Gasteiger partial charge in [-0.3, -0.25) is 4.90 Å². The van der Waals surface area contributed by atoms with Crippen LogP contribution in [0.4, 0.5) is 5.82 Å². The summed E-state index contributed by atoms with van der Waals surface area (Å²) < 4.78 is 5.47. The summed E-state index contributed by atoms with van der Waals surface area (Å²) in [5.41, 5.74) is 1.01. The Hall–Kier alpha value is -1.81. The quantitative estimate of drug-likeness (QED) is 0.879. The smallest absolute Gasteiger partial charge is 0.126 e. The molecule has 0 aliphatic carbocycles. The number of aryl methyl sites for hydroxylation is 1. The van der Waals surface area contributed by atoms with Gasteiger partial charge < -0.3 is 9.73 Å². The van der Waals surface area contributed by atoms with Crippen LogP contribution >= 0.6 is 0 Å². The van der Waals surface area contributed by atoms with Crippen LogP contribution in [0, 0.1) is 6.92 Å². The molecule has 2 heterocycles. The summed E-state index contributed by atoms with van der Waals surface area (Å²) in [7, 11) is 4.08. The van der Waals surface area contributed by atoms with Crippen molar-refractivity contribution in [1.82, 2.24) is 9.88 Å². The molecule has 0 amide bonds. The van der Waals surface area contributed by atoms with Crippen molar-refractivity contribution in [2.75, 3.05) is 26.0 Å². The van der Waals surface area contributed by atoms with Crippen LogP contribution in [0.15, 0.2) is 41.0 Å². The number of aromatic nitrogens is 1. The van der Waals surface area contributed by atoms with Gasteiger partial charge in [-0.05, 0) is 45.3 Å². The summed E-state index contributed by atoms with van der Waals surface area (Å²) in [5.74, 6) is 1.86. The van der Waals surface area contributed by atoms with E-state index in [0.717, 1.165) is 23.8 Å². The zero-order valence-electron chi connectivity index (χ0n) is 11.1. The molecule has 0 saturated carbocycles. The van der Waals surface area contributed by atoms with Gasteiger partial charge in [-0.2, -0.15) is 0 Å². The van der Waals surface area contributed by atoms with Gasteiger partial charge in [0.15, 0.2) is 0 Å². The van der Waals surface area contributed by atoms with Gasteiger partial charge in [0.2, 0.25) is 0 Å². The first kappa shape index (κ1) is 12.6. The van der Waals surface area contributed by atoms with Gasteiger partial charge >= 0.3 is 0 Å². The molecule has 2 aromatic rings. The van der Waals surface area contributed by atoms with Crippen LogP contribution < -0.4 is 5.32 Å². The molecule has 0 fully saturated rings. The average Bonchev–Trinajstić information content (AvgIpc) is 2.82. The van der Waals surface area contributed by atoms with E-state index in [0.29, 0.717) is 0 Å². The van der Waals surface area contributed by atoms with Crippen LogP contribution in [-0.2, 0) is 0 Å². The normalized spacial score (nSPS) is 12.7. The molecule has 0 aliphatic heterocycles. The molecule has 0 aromatic carbocycles. The second-order valence-electron chi connectivity index (χ2n) is 4.54. The van der Waals surface area contributed by atoms with Gasteiger partial charge in [-0.15, -0.1) is 0 Å². The fraction of sp³-hybridized carbons (Fsp3) is 0.357. The largest absolute Gasteiger partial charge is 0.468 e. The van der Waals surface area contributed by atoms with E-state index in [1.54, 1.807) is 6.26 Å². The topological polar surface area (TPSA) is 41.3 Å². The van der Waals surface area contributed by atoms with Crippen LogP contribution in [0.5, 0.6) is 0 Å². The van der Waals surface area contributed by atoms with E-state index < -0.39 is 0 Å². The fourth-order valence-electron chi connectivity index (χ4n) is 1.86. The number of nitrogens with one attached hydrogen (secondary N) is 1.